The molecule has 0 bridgehead atoms. The van der Waals surface area contributed by atoms with Gasteiger partial charge in [-0.25, -0.2) is 0 Å². The van der Waals surface area contributed by atoms with Crippen molar-refractivity contribution in [2.24, 2.45) is 11.1 Å². The molecule has 0 fully saturated rings. The van der Waals surface area contributed by atoms with Crippen LogP contribution in [0.3, 0.4) is 0 Å². The third kappa shape index (κ3) is 2.12. The average molecular weight is 113 g/mol. The Balaban J connectivity index is 3.82. The Morgan fingerprint density at radius 2 is 1.88 bits per heavy atom. The molecule has 0 unspecified atom stereocenters. The van der Waals surface area contributed by atoms with E-state index in [0.29, 0.717) is 6.54 Å². The van der Waals surface area contributed by atoms with Crippen LogP contribution in [0.15, 0.2) is 12.2 Å². The summed E-state index contributed by atoms with van der Waals surface area (Å²) in [6, 6.07) is 0. The van der Waals surface area contributed by atoms with Crippen molar-refractivity contribution in [2.45, 2.75) is 20.8 Å². The van der Waals surface area contributed by atoms with Crippen molar-refractivity contribution < 1.29 is 0 Å². The van der Waals surface area contributed by atoms with Crippen LogP contribution < -0.4 is 5.73 Å². The standard InChI is InChI=1S/C7H15N/c1-6(5-8)7(2,3)4/h1,5,8H2,2-4H3. The predicted molar refractivity (Wildman–Crippen MR) is 37.6 cm³/mol. The first-order valence-electron chi connectivity index (χ1n) is 2.87. The van der Waals surface area contributed by atoms with Crippen LogP contribution in [0.25, 0.3) is 0 Å². The minimum atomic E-state index is 0.189. The maximum absolute atomic E-state index is 5.36. The lowest BCUT2D eigenvalue weighted by atomic mass is 9.88. The van der Waals surface area contributed by atoms with Gasteiger partial charge in [0.05, 0.1) is 0 Å². The summed E-state index contributed by atoms with van der Waals surface area (Å²) < 4.78 is 0. The molecule has 0 aliphatic rings. The van der Waals surface area contributed by atoms with Crippen molar-refractivity contribution in [2.75, 3.05) is 6.54 Å². The summed E-state index contributed by atoms with van der Waals surface area (Å²) in [4.78, 5) is 0. The van der Waals surface area contributed by atoms with Crippen LogP contribution in [0.4, 0.5) is 0 Å². The molecule has 0 aromatic rings. The van der Waals surface area contributed by atoms with Crippen LogP contribution in [-0.2, 0) is 0 Å². The van der Waals surface area contributed by atoms with Crippen molar-refractivity contribution in [1.82, 2.24) is 0 Å². The first-order chi connectivity index (χ1) is 3.48. The zero-order valence-corrected chi connectivity index (χ0v) is 5.99. The first-order valence-corrected chi connectivity index (χ1v) is 2.87. The molecule has 0 aliphatic heterocycles. The molecule has 0 saturated heterocycles. The van der Waals surface area contributed by atoms with E-state index in [1.165, 1.54) is 0 Å². The second kappa shape index (κ2) is 2.31. The van der Waals surface area contributed by atoms with Gasteiger partial charge in [0, 0.05) is 6.54 Å². The minimum Gasteiger partial charge on any atom is -0.327 e. The highest BCUT2D eigenvalue weighted by atomic mass is 14.5. The summed E-state index contributed by atoms with van der Waals surface area (Å²) >= 11 is 0. The normalized spacial score (nSPS) is 11.5. The predicted octanol–water partition coefficient (Wildman–Crippen LogP) is 1.55. The molecule has 0 aromatic heterocycles. The second-order valence-electron chi connectivity index (χ2n) is 3.06. The highest BCUT2D eigenvalue weighted by Gasteiger charge is 2.11. The number of nitrogens with two attached hydrogens (primary N) is 1. The Morgan fingerprint density at radius 1 is 1.50 bits per heavy atom. The minimum absolute atomic E-state index is 0.189. The molecular formula is C7H15N. The fourth-order valence-corrected chi connectivity index (χ4v) is 0.306. The van der Waals surface area contributed by atoms with E-state index in [1.54, 1.807) is 0 Å². The van der Waals surface area contributed by atoms with Gasteiger partial charge in [0.1, 0.15) is 0 Å². The summed E-state index contributed by atoms with van der Waals surface area (Å²) in [5.74, 6) is 0. The van der Waals surface area contributed by atoms with Crippen molar-refractivity contribution in [1.29, 1.82) is 0 Å². The SMILES string of the molecule is C=C(CN)C(C)(C)C. The molecule has 0 aromatic carbocycles. The van der Waals surface area contributed by atoms with E-state index in [2.05, 4.69) is 27.4 Å². The second-order valence-corrected chi connectivity index (χ2v) is 3.06. The number of hydrogen-bond donors (Lipinski definition) is 1. The van der Waals surface area contributed by atoms with E-state index in [1.807, 2.05) is 0 Å². The van der Waals surface area contributed by atoms with Gasteiger partial charge in [-0.05, 0) is 5.41 Å². The lowest BCUT2D eigenvalue weighted by molar-refractivity contribution is 0.497. The Morgan fingerprint density at radius 3 is 1.88 bits per heavy atom. The molecule has 0 spiro atoms. The van der Waals surface area contributed by atoms with Crippen LogP contribution in [-0.4, -0.2) is 6.54 Å². The molecule has 0 amide bonds. The van der Waals surface area contributed by atoms with E-state index in [4.69, 9.17) is 5.73 Å². The summed E-state index contributed by atoms with van der Waals surface area (Å²) in [6.07, 6.45) is 0. The van der Waals surface area contributed by atoms with Gasteiger partial charge in [0.2, 0.25) is 0 Å². The van der Waals surface area contributed by atoms with Crippen LogP contribution in [0.1, 0.15) is 20.8 Å². The van der Waals surface area contributed by atoms with E-state index < -0.39 is 0 Å². The number of hydrogen-bond acceptors (Lipinski definition) is 1. The van der Waals surface area contributed by atoms with E-state index in [-0.39, 0.29) is 5.41 Å². The Bertz CT molecular complexity index is 87.1. The molecule has 2 N–H and O–H groups in total. The zero-order valence-electron chi connectivity index (χ0n) is 5.99. The maximum Gasteiger partial charge on any atom is 0.0139 e. The summed E-state index contributed by atoms with van der Waals surface area (Å²) in [5.41, 5.74) is 6.66. The fourth-order valence-electron chi connectivity index (χ4n) is 0.306. The van der Waals surface area contributed by atoms with E-state index in [9.17, 15) is 0 Å². The Hall–Kier alpha value is -0.300. The van der Waals surface area contributed by atoms with Crippen LogP contribution in [0, 0.1) is 5.41 Å². The molecule has 8 heavy (non-hydrogen) atoms. The summed E-state index contributed by atoms with van der Waals surface area (Å²) in [5, 5.41) is 0. The number of rotatable bonds is 1. The van der Waals surface area contributed by atoms with Gasteiger partial charge in [-0.1, -0.05) is 32.9 Å². The molecule has 0 radical (unpaired) electrons. The maximum atomic E-state index is 5.36. The van der Waals surface area contributed by atoms with Gasteiger partial charge in [-0.2, -0.15) is 0 Å². The molecule has 1 heteroatoms. The lowest BCUT2D eigenvalue weighted by Crippen LogP contribution is -2.16. The van der Waals surface area contributed by atoms with E-state index >= 15 is 0 Å². The quantitative estimate of drug-likeness (QED) is 0.513. The largest absolute Gasteiger partial charge is 0.327 e. The van der Waals surface area contributed by atoms with Gasteiger partial charge in [0.15, 0.2) is 0 Å². The lowest BCUT2D eigenvalue weighted by Gasteiger charge is -2.19. The molecule has 0 rings (SSSR count). The first kappa shape index (κ1) is 7.70. The van der Waals surface area contributed by atoms with Crippen molar-refractivity contribution in [3.63, 3.8) is 0 Å². The average Bonchev–Trinajstić information content (AvgIpc) is 1.62. The highest BCUT2D eigenvalue weighted by molar-refractivity contribution is 5.05. The fraction of sp³-hybridized carbons (Fsp3) is 0.714. The molecule has 0 heterocycles. The summed E-state index contributed by atoms with van der Waals surface area (Å²) in [6.45, 7) is 10.8. The molecular weight excluding hydrogens is 98.1 g/mol. The van der Waals surface area contributed by atoms with Crippen LogP contribution in [0.5, 0.6) is 0 Å². The molecule has 0 aliphatic carbocycles. The van der Waals surface area contributed by atoms with Crippen LogP contribution in [0.2, 0.25) is 0 Å². The molecule has 0 atom stereocenters. The van der Waals surface area contributed by atoms with Gasteiger partial charge < -0.3 is 5.73 Å². The van der Waals surface area contributed by atoms with Crippen LogP contribution >= 0.6 is 0 Å². The van der Waals surface area contributed by atoms with E-state index in [0.717, 1.165) is 5.57 Å². The highest BCUT2D eigenvalue weighted by Crippen LogP contribution is 2.21. The molecule has 1 nitrogen and oxygen atoms in total. The summed E-state index contributed by atoms with van der Waals surface area (Å²) in [7, 11) is 0. The van der Waals surface area contributed by atoms with Gasteiger partial charge in [-0.15, -0.1) is 0 Å². The monoisotopic (exact) mass is 113 g/mol. The Kier molecular flexibility index (Phi) is 2.23. The third-order valence-electron chi connectivity index (χ3n) is 1.31. The third-order valence-corrected chi connectivity index (χ3v) is 1.31. The topological polar surface area (TPSA) is 26.0 Å². The van der Waals surface area contributed by atoms with Crippen molar-refractivity contribution >= 4 is 0 Å². The Labute approximate surface area is 51.6 Å². The van der Waals surface area contributed by atoms with Crippen molar-refractivity contribution in [3.8, 4) is 0 Å². The molecule has 0 saturated carbocycles. The van der Waals surface area contributed by atoms with Gasteiger partial charge >= 0.3 is 0 Å². The van der Waals surface area contributed by atoms with Gasteiger partial charge in [-0.3, -0.25) is 0 Å². The molecule has 48 valence electrons. The van der Waals surface area contributed by atoms with Gasteiger partial charge in [0.25, 0.3) is 0 Å². The van der Waals surface area contributed by atoms with Crippen molar-refractivity contribution in [3.05, 3.63) is 12.2 Å². The smallest absolute Gasteiger partial charge is 0.0139 e. The zero-order chi connectivity index (χ0) is 6.78.